The molecule has 0 aromatic heterocycles. The van der Waals surface area contributed by atoms with E-state index in [4.69, 9.17) is 0 Å². The van der Waals surface area contributed by atoms with Crippen molar-refractivity contribution in [3.63, 3.8) is 0 Å². The Morgan fingerprint density at radius 3 is 2.45 bits per heavy atom. The summed E-state index contributed by atoms with van der Waals surface area (Å²) in [4.78, 5) is 0. The van der Waals surface area contributed by atoms with Crippen molar-refractivity contribution in [1.82, 2.24) is 0 Å². The highest BCUT2D eigenvalue weighted by Crippen LogP contribution is 2.29. The summed E-state index contributed by atoms with van der Waals surface area (Å²) in [6, 6.07) is 10.5. The van der Waals surface area contributed by atoms with Crippen molar-refractivity contribution in [1.29, 1.82) is 0 Å². The van der Waals surface area contributed by atoms with Crippen molar-refractivity contribution in [3.05, 3.63) is 68.1 Å². The maximum absolute atomic E-state index is 14.0. The molecular formula is C15H11Br3F2. The van der Waals surface area contributed by atoms with Crippen molar-refractivity contribution >= 4 is 47.8 Å². The fourth-order valence-electron chi connectivity index (χ4n) is 2.02. The van der Waals surface area contributed by atoms with Crippen LogP contribution >= 0.6 is 47.8 Å². The van der Waals surface area contributed by atoms with Crippen LogP contribution in [0.3, 0.4) is 0 Å². The normalized spacial score (nSPS) is 12.4. The molecule has 1 unspecified atom stereocenters. The first-order valence-corrected chi connectivity index (χ1v) is 8.67. The summed E-state index contributed by atoms with van der Waals surface area (Å²) >= 11 is 9.94. The standard InChI is InChI=1S/C15H11Br3F2/c16-8-10(9-2-1-3-11(17)6-9)7-12-14(19)5-4-13(18)15(12)20/h1-6,10H,7-8H2. The highest BCUT2D eigenvalue weighted by molar-refractivity contribution is 9.10. The first-order valence-electron chi connectivity index (χ1n) is 5.96. The van der Waals surface area contributed by atoms with Gasteiger partial charge < -0.3 is 0 Å². The third kappa shape index (κ3) is 3.68. The molecule has 0 heterocycles. The number of benzene rings is 2. The molecule has 0 spiro atoms. The second-order valence-electron chi connectivity index (χ2n) is 4.43. The molecule has 0 bridgehead atoms. The Kier molecular flexibility index (Phi) is 5.75. The molecule has 0 N–H and O–H groups in total. The third-order valence-electron chi connectivity index (χ3n) is 3.10. The van der Waals surface area contributed by atoms with E-state index in [1.165, 1.54) is 12.1 Å². The lowest BCUT2D eigenvalue weighted by Crippen LogP contribution is -2.08. The molecule has 0 amide bonds. The Bertz CT molecular complexity index is 614. The van der Waals surface area contributed by atoms with Gasteiger partial charge in [0, 0.05) is 15.4 Å². The number of rotatable bonds is 4. The van der Waals surface area contributed by atoms with E-state index in [1.54, 1.807) is 0 Å². The molecule has 1 atom stereocenters. The van der Waals surface area contributed by atoms with Gasteiger partial charge in [-0.1, -0.05) is 44.0 Å². The van der Waals surface area contributed by atoms with Gasteiger partial charge in [0.25, 0.3) is 0 Å². The van der Waals surface area contributed by atoms with Crippen LogP contribution in [-0.2, 0) is 6.42 Å². The van der Waals surface area contributed by atoms with Crippen molar-refractivity contribution in [2.24, 2.45) is 0 Å². The van der Waals surface area contributed by atoms with E-state index < -0.39 is 11.6 Å². The molecule has 2 aromatic carbocycles. The van der Waals surface area contributed by atoms with Crippen LogP contribution in [0.1, 0.15) is 17.0 Å². The molecular weight excluding hydrogens is 458 g/mol. The van der Waals surface area contributed by atoms with E-state index in [2.05, 4.69) is 47.8 Å². The molecule has 0 saturated heterocycles. The van der Waals surface area contributed by atoms with Crippen molar-refractivity contribution in [2.45, 2.75) is 12.3 Å². The van der Waals surface area contributed by atoms with Gasteiger partial charge in [-0.3, -0.25) is 0 Å². The Hall–Kier alpha value is -0.260. The summed E-state index contributed by atoms with van der Waals surface area (Å²) in [5, 5.41) is 0.634. The minimum Gasteiger partial charge on any atom is -0.207 e. The summed E-state index contributed by atoms with van der Waals surface area (Å²) in [5.41, 5.74) is 1.15. The molecule has 2 aromatic rings. The zero-order chi connectivity index (χ0) is 14.7. The monoisotopic (exact) mass is 466 g/mol. The average Bonchev–Trinajstić information content (AvgIpc) is 2.43. The molecule has 106 valence electrons. The second kappa shape index (κ2) is 7.14. The zero-order valence-corrected chi connectivity index (χ0v) is 15.1. The fraction of sp³-hybridized carbons (Fsp3) is 0.200. The van der Waals surface area contributed by atoms with Gasteiger partial charge in [-0.15, -0.1) is 0 Å². The van der Waals surface area contributed by atoms with Gasteiger partial charge in [0.2, 0.25) is 0 Å². The minimum atomic E-state index is -0.522. The van der Waals surface area contributed by atoms with Gasteiger partial charge >= 0.3 is 0 Å². The Labute approximate surface area is 142 Å². The topological polar surface area (TPSA) is 0 Å². The molecule has 0 saturated carbocycles. The van der Waals surface area contributed by atoms with Crippen LogP contribution < -0.4 is 0 Å². The van der Waals surface area contributed by atoms with Gasteiger partial charge in [0.05, 0.1) is 4.47 Å². The number of alkyl halides is 1. The van der Waals surface area contributed by atoms with E-state index in [-0.39, 0.29) is 16.0 Å². The Morgan fingerprint density at radius 2 is 1.80 bits per heavy atom. The van der Waals surface area contributed by atoms with Gasteiger partial charge in [-0.25, -0.2) is 8.78 Å². The van der Waals surface area contributed by atoms with Crippen LogP contribution in [0, 0.1) is 11.6 Å². The zero-order valence-electron chi connectivity index (χ0n) is 10.3. The maximum Gasteiger partial charge on any atom is 0.143 e. The van der Waals surface area contributed by atoms with E-state index >= 15 is 0 Å². The van der Waals surface area contributed by atoms with E-state index in [0.29, 0.717) is 11.8 Å². The SMILES string of the molecule is Fc1ccc(Br)c(F)c1CC(CBr)c1cccc(Br)c1. The summed E-state index contributed by atoms with van der Waals surface area (Å²) in [5.74, 6) is -1.02. The van der Waals surface area contributed by atoms with Crippen LogP contribution in [-0.4, -0.2) is 5.33 Å². The van der Waals surface area contributed by atoms with Crippen molar-refractivity contribution in [3.8, 4) is 0 Å². The van der Waals surface area contributed by atoms with Gasteiger partial charge in [-0.2, -0.15) is 0 Å². The highest BCUT2D eigenvalue weighted by atomic mass is 79.9. The molecule has 2 rings (SSSR count). The maximum atomic E-state index is 14.0. The smallest absolute Gasteiger partial charge is 0.143 e. The van der Waals surface area contributed by atoms with Gasteiger partial charge in [-0.05, 0) is 58.1 Å². The van der Waals surface area contributed by atoms with E-state index in [1.807, 2.05) is 24.3 Å². The van der Waals surface area contributed by atoms with Crippen molar-refractivity contribution in [2.75, 3.05) is 5.33 Å². The quantitative estimate of drug-likeness (QED) is 0.369. The van der Waals surface area contributed by atoms with Crippen LogP contribution in [0.4, 0.5) is 8.78 Å². The van der Waals surface area contributed by atoms with Crippen LogP contribution in [0.5, 0.6) is 0 Å². The first-order chi connectivity index (χ1) is 9.52. The third-order valence-corrected chi connectivity index (χ3v) is 4.98. The number of hydrogen-bond donors (Lipinski definition) is 0. The van der Waals surface area contributed by atoms with Crippen molar-refractivity contribution < 1.29 is 8.78 Å². The summed E-state index contributed by atoms with van der Waals surface area (Å²) in [6.45, 7) is 0. The molecule has 0 aliphatic carbocycles. The number of hydrogen-bond acceptors (Lipinski definition) is 0. The fourth-order valence-corrected chi connectivity index (χ4v) is 3.42. The Morgan fingerprint density at radius 1 is 1.05 bits per heavy atom. The molecule has 0 fully saturated rings. The van der Waals surface area contributed by atoms with Gasteiger partial charge in [0.1, 0.15) is 11.6 Å². The van der Waals surface area contributed by atoms with Crippen LogP contribution in [0.15, 0.2) is 45.3 Å². The molecule has 20 heavy (non-hydrogen) atoms. The lowest BCUT2D eigenvalue weighted by molar-refractivity contribution is 0.541. The van der Waals surface area contributed by atoms with E-state index in [0.717, 1.165) is 10.0 Å². The minimum absolute atomic E-state index is 0.00537. The summed E-state index contributed by atoms with van der Waals surface area (Å²) in [6.07, 6.45) is 0.304. The molecule has 0 aliphatic rings. The van der Waals surface area contributed by atoms with Crippen LogP contribution in [0.25, 0.3) is 0 Å². The lowest BCUT2D eigenvalue weighted by Gasteiger charge is -2.16. The van der Waals surface area contributed by atoms with E-state index in [9.17, 15) is 8.78 Å². The lowest BCUT2D eigenvalue weighted by atomic mass is 9.93. The predicted molar refractivity (Wildman–Crippen MR) is 88.4 cm³/mol. The molecule has 0 aliphatic heterocycles. The predicted octanol–water partition coefficient (Wildman–Crippen LogP) is 6.21. The second-order valence-corrected chi connectivity index (χ2v) is 6.85. The average molecular weight is 469 g/mol. The molecule has 0 nitrogen and oxygen atoms in total. The summed E-state index contributed by atoms with van der Waals surface area (Å²) in [7, 11) is 0. The molecule has 5 heteroatoms. The molecule has 0 radical (unpaired) electrons. The Balaban J connectivity index is 2.34. The van der Waals surface area contributed by atoms with Gasteiger partial charge in [0.15, 0.2) is 0 Å². The largest absolute Gasteiger partial charge is 0.207 e. The first kappa shape index (κ1) is 16.1. The van der Waals surface area contributed by atoms with Crippen LogP contribution in [0.2, 0.25) is 0 Å². The highest BCUT2D eigenvalue weighted by Gasteiger charge is 2.18. The summed E-state index contributed by atoms with van der Waals surface area (Å²) < 4.78 is 29.1. The number of halogens is 5.